The Morgan fingerprint density at radius 3 is 1.93 bits per heavy atom. The molecule has 2 aromatic rings. The fraction of sp³-hybridized carbons (Fsp3) is 0.442. The topological polar surface area (TPSA) is 190 Å². The Morgan fingerprint density at radius 2 is 1.43 bits per heavy atom. The first kappa shape index (κ1) is 44.1. The minimum Gasteiger partial charge on any atom is -0.494 e. The fourth-order valence-corrected chi connectivity index (χ4v) is 5.98. The van der Waals surface area contributed by atoms with Crippen molar-refractivity contribution in [2.75, 3.05) is 38.3 Å². The molecule has 0 saturated heterocycles. The highest BCUT2D eigenvalue weighted by molar-refractivity contribution is 6.05. The fourth-order valence-electron chi connectivity index (χ4n) is 5.98. The summed E-state index contributed by atoms with van der Waals surface area (Å²) >= 11 is 0. The highest BCUT2D eigenvalue weighted by Gasteiger charge is 2.28. The van der Waals surface area contributed by atoms with E-state index in [1.807, 2.05) is 36.9 Å². The van der Waals surface area contributed by atoms with E-state index in [4.69, 9.17) is 24.7 Å². The zero-order valence-corrected chi connectivity index (χ0v) is 33.0. The number of hydrogen-bond acceptors (Lipinski definition) is 12. The van der Waals surface area contributed by atoms with Gasteiger partial charge >= 0.3 is 11.9 Å². The molecule has 294 valence electrons. The summed E-state index contributed by atoms with van der Waals surface area (Å²) in [6.45, 7) is 9.29. The van der Waals surface area contributed by atoms with E-state index in [0.717, 1.165) is 57.1 Å². The molecule has 56 heavy (non-hydrogen) atoms. The molecule has 0 bridgehead atoms. The number of methoxy groups -OCH3 is 1. The van der Waals surface area contributed by atoms with Gasteiger partial charge in [0.15, 0.2) is 5.57 Å². The van der Waals surface area contributed by atoms with Gasteiger partial charge in [0.1, 0.15) is 42.9 Å². The standard InChI is InChI=1S/C43H51N7O6/c1-6-10-12-31(8-3)42(52)55-24-22-50(23-25-56-43(53)32(9-4)13-11-7-2)35-19-21-38(39(26-35)54-5)49-48-34-17-14-30(15-18-34)16-20-36-37(29-46)40(47-41(36)51)33(27-44)28-45/h14-21,26,31-32H,6-13,22-25H2,1-5H3,(H,47,51)/b20-16+,49-48?. The number of azo groups is 1. The van der Waals surface area contributed by atoms with E-state index >= 15 is 0 Å². The van der Waals surface area contributed by atoms with E-state index in [1.165, 1.54) is 13.2 Å². The molecule has 0 fully saturated rings. The molecule has 13 heteroatoms. The van der Waals surface area contributed by atoms with Crippen LogP contribution in [0, 0.1) is 45.8 Å². The van der Waals surface area contributed by atoms with Crippen molar-refractivity contribution in [2.24, 2.45) is 22.1 Å². The second-order valence-electron chi connectivity index (χ2n) is 13.1. The predicted octanol–water partition coefficient (Wildman–Crippen LogP) is 8.70. The molecule has 2 unspecified atom stereocenters. The van der Waals surface area contributed by atoms with E-state index in [-0.39, 0.29) is 59.4 Å². The van der Waals surface area contributed by atoms with Gasteiger partial charge in [0, 0.05) is 11.8 Å². The SMILES string of the molecule is CCCCC(CC)C(=O)OCCN(CCOC(=O)C(CC)CCCC)c1ccc(N=Nc2ccc(/C=C/C3=C(C#N)C(=C(C#N)C#N)NC3=O)cc2)c(OC)c1. The van der Waals surface area contributed by atoms with Crippen LogP contribution in [-0.2, 0) is 23.9 Å². The average molecular weight is 762 g/mol. The first-order valence-electron chi connectivity index (χ1n) is 19.1. The maximum absolute atomic E-state index is 12.8. The molecule has 13 nitrogen and oxygen atoms in total. The van der Waals surface area contributed by atoms with Crippen molar-refractivity contribution < 1.29 is 28.6 Å². The van der Waals surface area contributed by atoms with Crippen LogP contribution in [-0.4, -0.2) is 51.3 Å². The Bertz CT molecular complexity index is 1880. The van der Waals surface area contributed by atoms with E-state index < -0.39 is 5.91 Å². The van der Waals surface area contributed by atoms with Crippen LogP contribution in [0.3, 0.4) is 0 Å². The highest BCUT2D eigenvalue weighted by atomic mass is 16.5. The minimum absolute atomic E-state index is 0.0467. The number of carbonyl (C=O) groups excluding carboxylic acids is 3. The zero-order valence-electron chi connectivity index (χ0n) is 33.0. The number of allylic oxidation sites excluding steroid dienone is 2. The molecule has 1 N–H and O–H groups in total. The van der Waals surface area contributed by atoms with E-state index in [1.54, 1.807) is 48.5 Å². The number of amides is 1. The lowest BCUT2D eigenvalue weighted by Crippen LogP contribution is -2.33. The van der Waals surface area contributed by atoms with Crippen LogP contribution in [0.1, 0.15) is 84.6 Å². The molecule has 1 heterocycles. The van der Waals surface area contributed by atoms with Gasteiger partial charge in [-0.25, -0.2) is 0 Å². The summed E-state index contributed by atoms with van der Waals surface area (Å²) in [7, 11) is 1.54. The summed E-state index contributed by atoms with van der Waals surface area (Å²) in [5, 5.41) is 39.1. The molecule has 0 spiro atoms. The van der Waals surface area contributed by atoms with Gasteiger partial charge in [-0.1, -0.05) is 71.6 Å². The van der Waals surface area contributed by atoms with Crippen LogP contribution in [0.25, 0.3) is 6.08 Å². The summed E-state index contributed by atoms with van der Waals surface area (Å²) in [6, 6.07) is 17.7. The van der Waals surface area contributed by atoms with Crippen molar-refractivity contribution in [1.29, 1.82) is 15.8 Å². The third-order valence-electron chi connectivity index (χ3n) is 9.40. The lowest BCUT2D eigenvalue weighted by Gasteiger charge is -2.26. The van der Waals surface area contributed by atoms with Gasteiger partial charge in [-0.2, -0.15) is 20.9 Å². The van der Waals surface area contributed by atoms with Crippen LogP contribution in [0.15, 0.2) is 81.2 Å². The number of nitrogens with one attached hydrogen (secondary N) is 1. The van der Waals surface area contributed by atoms with Crippen molar-refractivity contribution in [1.82, 2.24) is 5.32 Å². The van der Waals surface area contributed by atoms with E-state index in [9.17, 15) is 19.6 Å². The van der Waals surface area contributed by atoms with E-state index in [0.29, 0.717) is 35.8 Å². The summed E-state index contributed by atoms with van der Waals surface area (Å²) in [6.07, 6.45) is 10.1. The van der Waals surface area contributed by atoms with Crippen LogP contribution in [0.5, 0.6) is 5.75 Å². The van der Waals surface area contributed by atoms with Crippen LogP contribution < -0.4 is 15.0 Å². The summed E-state index contributed by atoms with van der Waals surface area (Å²) in [5.74, 6) is -0.780. The molecule has 3 rings (SSSR count). The first-order valence-corrected chi connectivity index (χ1v) is 19.1. The first-order chi connectivity index (χ1) is 27.2. The summed E-state index contributed by atoms with van der Waals surface area (Å²) in [5.41, 5.74) is 2.02. The summed E-state index contributed by atoms with van der Waals surface area (Å²) < 4.78 is 17.1. The van der Waals surface area contributed by atoms with Gasteiger partial charge in [-0.3, -0.25) is 14.4 Å². The molecule has 1 aliphatic rings. The summed E-state index contributed by atoms with van der Waals surface area (Å²) in [4.78, 5) is 40.1. The normalized spacial score (nSPS) is 13.5. The zero-order chi connectivity index (χ0) is 40.9. The second kappa shape index (κ2) is 23.5. The number of nitrogens with zero attached hydrogens (tertiary/aromatic N) is 6. The number of rotatable bonds is 22. The Balaban J connectivity index is 1.77. The quantitative estimate of drug-likeness (QED) is 0.0690. The number of anilines is 1. The number of hydrogen-bond donors (Lipinski definition) is 1. The maximum Gasteiger partial charge on any atom is 0.308 e. The highest BCUT2D eigenvalue weighted by Crippen LogP contribution is 2.34. The van der Waals surface area contributed by atoms with Gasteiger partial charge in [-0.15, -0.1) is 5.11 Å². The Hall–Kier alpha value is -6.26. The van der Waals surface area contributed by atoms with Gasteiger partial charge in [0.2, 0.25) is 0 Å². The van der Waals surface area contributed by atoms with Gasteiger partial charge in [0.25, 0.3) is 5.91 Å². The van der Waals surface area contributed by atoms with Gasteiger partial charge in [0.05, 0.1) is 54.6 Å². The van der Waals surface area contributed by atoms with Crippen LogP contribution >= 0.6 is 0 Å². The lowest BCUT2D eigenvalue weighted by molar-refractivity contribution is -0.149. The number of carbonyl (C=O) groups is 3. The molecule has 1 aliphatic heterocycles. The molecule has 2 atom stereocenters. The molecule has 0 radical (unpaired) electrons. The molecule has 2 aromatic carbocycles. The Morgan fingerprint density at radius 1 is 0.839 bits per heavy atom. The number of ether oxygens (including phenoxy) is 3. The van der Waals surface area contributed by atoms with Crippen LogP contribution in [0.2, 0.25) is 0 Å². The second-order valence-corrected chi connectivity index (χ2v) is 13.1. The van der Waals surface area contributed by atoms with Crippen molar-refractivity contribution in [2.45, 2.75) is 79.1 Å². The molecular weight excluding hydrogens is 711 g/mol. The number of esters is 2. The third-order valence-corrected chi connectivity index (χ3v) is 9.40. The number of nitriles is 3. The van der Waals surface area contributed by atoms with Crippen molar-refractivity contribution >= 4 is 41.0 Å². The molecule has 0 saturated carbocycles. The van der Waals surface area contributed by atoms with Crippen molar-refractivity contribution in [3.63, 3.8) is 0 Å². The van der Waals surface area contributed by atoms with Crippen molar-refractivity contribution in [3.05, 3.63) is 76.5 Å². The predicted molar refractivity (Wildman–Crippen MR) is 212 cm³/mol. The number of benzene rings is 2. The third kappa shape index (κ3) is 12.7. The smallest absolute Gasteiger partial charge is 0.308 e. The minimum atomic E-state index is -0.581. The number of unbranched alkanes of at least 4 members (excludes halogenated alkanes) is 2. The molecular formula is C43H51N7O6. The Labute approximate surface area is 329 Å². The molecule has 0 aliphatic carbocycles. The molecule has 1 amide bonds. The lowest BCUT2D eigenvalue weighted by atomic mass is 10.00. The largest absolute Gasteiger partial charge is 0.494 e. The average Bonchev–Trinajstić information content (AvgIpc) is 3.53. The van der Waals surface area contributed by atoms with Crippen molar-refractivity contribution in [3.8, 4) is 24.0 Å². The van der Waals surface area contributed by atoms with E-state index in [2.05, 4.69) is 29.4 Å². The van der Waals surface area contributed by atoms with Gasteiger partial charge < -0.3 is 24.4 Å². The maximum atomic E-state index is 12.8. The van der Waals surface area contributed by atoms with Crippen LogP contribution in [0.4, 0.5) is 17.1 Å². The van der Waals surface area contributed by atoms with Gasteiger partial charge in [-0.05, 0) is 61.6 Å². The Kier molecular flexibility index (Phi) is 18.5. The molecule has 0 aromatic heterocycles. The monoisotopic (exact) mass is 761 g/mol.